The molecule has 1 aliphatic heterocycles. The molecule has 6 nitrogen and oxygen atoms in total. The highest BCUT2D eigenvalue weighted by atomic mass is 32.2. The number of sulfonamides is 1. The molecule has 0 saturated heterocycles. The van der Waals surface area contributed by atoms with E-state index in [2.05, 4.69) is 4.72 Å². The van der Waals surface area contributed by atoms with Crippen molar-refractivity contribution >= 4 is 27.3 Å². The molecule has 0 aliphatic carbocycles. The zero-order valence-electron chi connectivity index (χ0n) is 15.0. The Hall–Kier alpha value is -2.54. The van der Waals surface area contributed by atoms with Gasteiger partial charge in [0.1, 0.15) is 5.75 Å². The molecule has 1 unspecified atom stereocenters. The van der Waals surface area contributed by atoms with E-state index >= 15 is 0 Å². The lowest BCUT2D eigenvalue weighted by atomic mass is 10.1. The number of carbonyl (C=O) groups is 1. The number of carbonyl (C=O) groups excluding carboxylic acids is 1. The lowest BCUT2D eigenvalue weighted by Crippen LogP contribution is -2.35. The van der Waals surface area contributed by atoms with Crippen molar-refractivity contribution in [1.82, 2.24) is 0 Å². The smallest absolute Gasteiger partial charge is 0.261 e. The van der Waals surface area contributed by atoms with E-state index in [4.69, 9.17) is 4.74 Å². The normalized spacial score (nSPS) is 16.3. The van der Waals surface area contributed by atoms with Crippen LogP contribution in [0.25, 0.3) is 0 Å². The quantitative estimate of drug-likeness (QED) is 0.872. The minimum atomic E-state index is -3.73. The Morgan fingerprint density at radius 2 is 2.04 bits per heavy atom. The second-order valence-electron chi connectivity index (χ2n) is 6.30. The molecular formula is C19H22N2O4S. The highest BCUT2D eigenvalue weighted by Gasteiger charge is 2.31. The van der Waals surface area contributed by atoms with E-state index in [1.807, 2.05) is 13.8 Å². The zero-order valence-corrected chi connectivity index (χ0v) is 15.8. The topological polar surface area (TPSA) is 75.7 Å². The van der Waals surface area contributed by atoms with Crippen LogP contribution in [0.3, 0.4) is 0 Å². The summed E-state index contributed by atoms with van der Waals surface area (Å²) in [5, 5.41) is 0. The Kier molecular flexibility index (Phi) is 4.91. The Labute approximate surface area is 153 Å². The molecule has 1 N–H and O–H groups in total. The summed E-state index contributed by atoms with van der Waals surface area (Å²) >= 11 is 0. The highest BCUT2D eigenvalue weighted by molar-refractivity contribution is 7.92. The number of nitrogens with one attached hydrogen (secondary N) is 1. The minimum Gasteiger partial charge on any atom is -0.497 e. The average molecular weight is 374 g/mol. The average Bonchev–Trinajstić information content (AvgIpc) is 2.95. The summed E-state index contributed by atoms with van der Waals surface area (Å²) in [7, 11) is -2.20. The molecule has 7 heteroatoms. The Bertz CT molecular complexity index is 940. The maximum absolute atomic E-state index is 12.7. The predicted octanol–water partition coefficient (Wildman–Crippen LogP) is 3.18. The monoisotopic (exact) mass is 374 g/mol. The Morgan fingerprint density at radius 3 is 2.73 bits per heavy atom. The van der Waals surface area contributed by atoms with Crippen LogP contribution >= 0.6 is 0 Å². The van der Waals surface area contributed by atoms with Crippen molar-refractivity contribution in [3.05, 3.63) is 48.0 Å². The number of nitrogens with zero attached hydrogens (tertiary/aromatic N) is 1. The molecule has 2 aromatic carbocycles. The van der Waals surface area contributed by atoms with Crippen LogP contribution in [0.5, 0.6) is 5.75 Å². The first kappa shape index (κ1) is 18.3. The number of hydrogen-bond acceptors (Lipinski definition) is 4. The summed E-state index contributed by atoms with van der Waals surface area (Å²) in [6, 6.07) is 11.7. The second kappa shape index (κ2) is 6.99. The summed E-state index contributed by atoms with van der Waals surface area (Å²) in [5.74, 6) is 0.614. The fourth-order valence-electron chi connectivity index (χ4n) is 3.23. The van der Waals surface area contributed by atoms with Gasteiger partial charge in [0.25, 0.3) is 10.0 Å². The molecule has 0 bridgehead atoms. The van der Waals surface area contributed by atoms with Gasteiger partial charge in [-0.15, -0.1) is 0 Å². The van der Waals surface area contributed by atoms with Crippen molar-refractivity contribution in [3.8, 4) is 5.75 Å². The number of rotatable bonds is 5. The van der Waals surface area contributed by atoms with Crippen molar-refractivity contribution in [2.24, 2.45) is 0 Å². The van der Waals surface area contributed by atoms with Gasteiger partial charge in [0.05, 0.1) is 17.7 Å². The summed E-state index contributed by atoms with van der Waals surface area (Å²) in [6.07, 6.45) is 1.06. The lowest BCUT2D eigenvalue weighted by molar-refractivity contribution is -0.118. The maximum Gasteiger partial charge on any atom is 0.261 e. The molecule has 1 heterocycles. The third-order valence-electron chi connectivity index (χ3n) is 4.47. The summed E-state index contributed by atoms with van der Waals surface area (Å²) in [6.45, 7) is 3.79. The number of hydrogen-bond donors (Lipinski definition) is 1. The number of ether oxygens (including phenoxy) is 1. The number of fused-ring (bicyclic) bond motifs is 1. The fourth-order valence-corrected chi connectivity index (χ4v) is 4.33. The van der Waals surface area contributed by atoms with Gasteiger partial charge in [-0.25, -0.2) is 8.42 Å². The van der Waals surface area contributed by atoms with E-state index in [9.17, 15) is 13.2 Å². The third kappa shape index (κ3) is 3.39. The van der Waals surface area contributed by atoms with Gasteiger partial charge >= 0.3 is 0 Å². The van der Waals surface area contributed by atoms with Crippen LogP contribution in [0.4, 0.5) is 11.4 Å². The molecule has 0 saturated carbocycles. The van der Waals surface area contributed by atoms with Crippen molar-refractivity contribution in [1.29, 1.82) is 0 Å². The van der Waals surface area contributed by atoms with E-state index in [0.29, 0.717) is 24.3 Å². The first-order valence-corrected chi connectivity index (χ1v) is 9.96. The third-order valence-corrected chi connectivity index (χ3v) is 5.85. The highest BCUT2D eigenvalue weighted by Crippen LogP contribution is 2.34. The molecule has 0 aromatic heterocycles. The van der Waals surface area contributed by atoms with E-state index in [-0.39, 0.29) is 16.8 Å². The van der Waals surface area contributed by atoms with Crippen LogP contribution in [0.1, 0.15) is 25.8 Å². The van der Waals surface area contributed by atoms with Gasteiger partial charge in [-0.3, -0.25) is 9.52 Å². The number of amides is 1. The summed E-state index contributed by atoms with van der Waals surface area (Å²) < 4.78 is 33.1. The van der Waals surface area contributed by atoms with Gasteiger partial charge in [-0.05, 0) is 49.2 Å². The van der Waals surface area contributed by atoms with Gasteiger partial charge in [-0.1, -0.05) is 13.0 Å². The molecule has 0 radical (unpaired) electrons. The molecule has 26 heavy (non-hydrogen) atoms. The van der Waals surface area contributed by atoms with E-state index < -0.39 is 10.0 Å². The second-order valence-corrected chi connectivity index (χ2v) is 7.98. The van der Waals surface area contributed by atoms with E-state index in [1.165, 1.54) is 13.2 Å². The molecule has 0 fully saturated rings. The van der Waals surface area contributed by atoms with Gasteiger partial charge in [-0.2, -0.15) is 0 Å². The summed E-state index contributed by atoms with van der Waals surface area (Å²) in [5.41, 5.74) is 2.10. The van der Waals surface area contributed by atoms with Crippen molar-refractivity contribution < 1.29 is 17.9 Å². The molecule has 3 rings (SSSR count). The van der Waals surface area contributed by atoms with Crippen molar-refractivity contribution in [3.63, 3.8) is 0 Å². The molecule has 1 atom stereocenters. The fraction of sp³-hybridized carbons (Fsp3) is 0.316. The standard InChI is InChI=1S/C19H22N2O4S/c1-4-19(22)21-13(2)10-14-11-17(8-9-18(14)21)26(23,24)20-15-6-5-7-16(12-15)25-3/h5-9,11-13,20H,4,10H2,1-3H3. The number of benzene rings is 2. The van der Waals surface area contributed by atoms with Crippen LogP contribution in [-0.2, 0) is 21.2 Å². The van der Waals surface area contributed by atoms with Crippen molar-refractivity contribution in [2.75, 3.05) is 16.7 Å². The van der Waals surface area contributed by atoms with E-state index in [0.717, 1.165) is 11.3 Å². The number of methoxy groups -OCH3 is 1. The molecule has 0 spiro atoms. The molecule has 138 valence electrons. The summed E-state index contributed by atoms with van der Waals surface area (Å²) in [4.78, 5) is 14.1. The van der Waals surface area contributed by atoms with Crippen LogP contribution in [0.15, 0.2) is 47.4 Å². The molecule has 1 aliphatic rings. The van der Waals surface area contributed by atoms with Crippen LogP contribution in [0.2, 0.25) is 0 Å². The van der Waals surface area contributed by atoms with Crippen LogP contribution in [-0.4, -0.2) is 27.5 Å². The maximum atomic E-state index is 12.7. The number of anilines is 2. The first-order chi connectivity index (χ1) is 12.4. The van der Waals surface area contributed by atoms with Crippen LogP contribution in [0, 0.1) is 0 Å². The van der Waals surface area contributed by atoms with Gasteiger partial charge < -0.3 is 9.64 Å². The zero-order chi connectivity index (χ0) is 18.9. The Morgan fingerprint density at radius 1 is 1.27 bits per heavy atom. The SMILES string of the molecule is CCC(=O)N1c2ccc(S(=O)(=O)Nc3cccc(OC)c3)cc2CC1C. The van der Waals surface area contributed by atoms with Gasteiger partial charge in [0, 0.05) is 24.2 Å². The molecule has 1 amide bonds. The van der Waals surface area contributed by atoms with Gasteiger partial charge in [0.2, 0.25) is 5.91 Å². The lowest BCUT2D eigenvalue weighted by Gasteiger charge is -2.22. The first-order valence-electron chi connectivity index (χ1n) is 8.47. The Balaban J connectivity index is 1.90. The minimum absolute atomic E-state index is 0.0294. The van der Waals surface area contributed by atoms with E-state index in [1.54, 1.807) is 41.3 Å². The van der Waals surface area contributed by atoms with Crippen molar-refractivity contribution in [2.45, 2.75) is 37.6 Å². The molecule has 2 aromatic rings. The predicted molar refractivity (Wildman–Crippen MR) is 101 cm³/mol. The molecular weight excluding hydrogens is 352 g/mol. The van der Waals surface area contributed by atoms with Gasteiger partial charge in [0.15, 0.2) is 0 Å². The van der Waals surface area contributed by atoms with Crippen LogP contribution < -0.4 is 14.4 Å². The largest absolute Gasteiger partial charge is 0.497 e.